The van der Waals surface area contributed by atoms with E-state index < -0.39 is 13.0 Å². The minimum atomic E-state index is -1.76. The number of benzene rings is 1. The lowest BCUT2D eigenvalue weighted by molar-refractivity contribution is -0.0728. The van der Waals surface area contributed by atoms with E-state index in [1.165, 1.54) is 0 Å². The number of morpholine rings is 1. The molecule has 0 saturated carbocycles. The summed E-state index contributed by atoms with van der Waals surface area (Å²) in [6.45, 7) is 2.99. The molecule has 7 heteroatoms. The first kappa shape index (κ1) is 17.0. The van der Waals surface area contributed by atoms with Crippen molar-refractivity contribution in [1.29, 1.82) is 0 Å². The summed E-state index contributed by atoms with van der Waals surface area (Å²) in [5.74, 6) is -0.219. The predicted octanol–water partition coefficient (Wildman–Crippen LogP) is 2.14. The normalized spacial score (nSPS) is 36.5. The molecule has 0 aliphatic carbocycles. The van der Waals surface area contributed by atoms with E-state index in [0.29, 0.717) is 18.7 Å². The number of nitrogens with zero attached hydrogens (tertiary/aromatic N) is 3. The highest BCUT2D eigenvalue weighted by Crippen LogP contribution is 2.33. The standard InChI is InChI=1S/C24H37N5O2/c1-16-9-19-13-26-29(23(19)12-22(16)18-3-5-25-6-4-18)24-11-20(10-17(2)27-24)28-7-8-31-21(14-28)15-30/h9,12-13,17-18,20-21,24-25,27,30H,3-8,10-11,14-15H2,1-2H3/t17?,20?,21-,24?/m1/s1/i5D2,6D2. The lowest BCUT2D eigenvalue weighted by Gasteiger charge is -2.43. The Morgan fingerprint density at radius 1 is 1.29 bits per heavy atom. The number of rotatable bonds is 4. The fourth-order valence-electron chi connectivity index (χ4n) is 5.49. The smallest absolute Gasteiger partial charge is 0.104 e. The third-order valence-corrected chi connectivity index (χ3v) is 7.08. The lowest BCUT2D eigenvalue weighted by atomic mass is 9.87. The van der Waals surface area contributed by atoms with E-state index in [0.717, 1.165) is 48.0 Å². The number of piperidine rings is 2. The van der Waals surface area contributed by atoms with E-state index in [1.54, 1.807) is 0 Å². The van der Waals surface area contributed by atoms with E-state index in [1.807, 2.05) is 13.1 Å². The topological polar surface area (TPSA) is 74.6 Å². The zero-order valence-corrected chi connectivity index (χ0v) is 18.5. The molecule has 3 unspecified atom stereocenters. The molecular weight excluding hydrogens is 390 g/mol. The van der Waals surface area contributed by atoms with Crippen molar-refractivity contribution in [2.24, 2.45) is 0 Å². The molecule has 3 saturated heterocycles. The summed E-state index contributed by atoms with van der Waals surface area (Å²) in [5, 5.41) is 21.6. The Balaban J connectivity index is 1.43. The van der Waals surface area contributed by atoms with E-state index >= 15 is 0 Å². The van der Waals surface area contributed by atoms with E-state index in [-0.39, 0.29) is 37.6 Å². The van der Waals surface area contributed by atoms with Gasteiger partial charge in [0, 0.05) is 36.0 Å². The summed E-state index contributed by atoms with van der Waals surface area (Å²) in [5.41, 5.74) is 3.03. The van der Waals surface area contributed by atoms with Gasteiger partial charge >= 0.3 is 0 Å². The van der Waals surface area contributed by atoms with Crippen molar-refractivity contribution in [2.45, 2.75) is 69.8 Å². The Morgan fingerprint density at radius 3 is 2.94 bits per heavy atom. The van der Waals surface area contributed by atoms with Crippen molar-refractivity contribution >= 4 is 10.9 Å². The molecule has 0 spiro atoms. The van der Waals surface area contributed by atoms with Crippen LogP contribution in [0.4, 0.5) is 0 Å². The molecule has 1 aromatic heterocycles. The molecule has 0 bridgehead atoms. The maximum Gasteiger partial charge on any atom is 0.104 e. The first-order chi connectivity index (χ1) is 16.5. The highest BCUT2D eigenvalue weighted by molar-refractivity contribution is 5.80. The third kappa shape index (κ3) is 4.39. The lowest BCUT2D eigenvalue weighted by Crippen LogP contribution is -2.54. The van der Waals surface area contributed by atoms with Crippen molar-refractivity contribution in [3.63, 3.8) is 0 Å². The van der Waals surface area contributed by atoms with Crippen molar-refractivity contribution < 1.29 is 15.3 Å². The molecule has 0 radical (unpaired) electrons. The summed E-state index contributed by atoms with van der Waals surface area (Å²) in [4.78, 5) is 2.44. The first-order valence-electron chi connectivity index (χ1n) is 13.5. The Bertz CT molecular complexity index is 1050. The van der Waals surface area contributed by atoms with E-state index in [9.17, 15) is 5.11 Å². The van der Waals surface area contributed by atoms with Crippen LogP contribution in [0.3, 0.4) is 0 Å². The molecule has 3 aliphatic rings. The van der Waals surface area contributed by atoms with Crippen LogP contribution in [0.5, 0.6) is 0 Å². The van der Waals surface area contributed by atoms with Crippen LogP contribution in [0.15, 0.2) is 18.3 Å². The molecule has 3 fully saturated rings. The number of aliphatic hydroxyl groups excluding tert-OH is 1. The van der Waals surface area contributed by atoms with Gasteiger partial charge in [0.1, 0.15) is 6.17 Å². The van der Waals surface area contributed by atoms with Gasteiger partial charge in [0.25, 0.3) is 0 Å². The quantitative estimate of drug-likeness (QED) is 0.689. The summed E-state index contributed by atoms with van der Waals surface area (Å²) in [6.07, 6.45) is 4.15. The van der Waals surface area contributed by atoms with Crippen LogP contribution in [0.25, 0.3) is 10.9 Å². The molecule has 7 nitrogen and oxygen atoms in total. The van der Waals surface area contributed by atoms with Crippen LogP contribution >= 0.6 is 0 Å². The number of aromatic nitrogens is 2. The van der Waals surface area contributed by atoms with E-state index in [2.05, 4.69) is 39.3 Å². The fourth-order valence-corrected chi connectivity index (χ4v) is 5.49. The zero-order valence-electron chi connectivity index (χ0n) is 22.5. The summed E-state index contributed by atoms with van der Waals surface area (Å²) < 4.78 is 40.5. The van der Waals surface area contributed by atoms with Crippen molar-refractivity contribution in [3.05, 3.63) is 29.5 Å². The highest BCUT2D eigenvalue weighted by Gasteiger charge is 2.34. The van der Waals surface area contributed by atoms with Crippen LogP contribution in [0, 0.1) is 6.92 Å². The van der Waals surface area contributed by atoms with Gasteiger partial charge < -0.3 is 15.2 Å². The number of aryl methyl sites for hydroxylation is 1. The van der Waals surface area contributed by atoms with Gasteiger partial charge in [-0.3, -0.25) is 10.2 Å². The highest BCUT2D eigenvalue weighted by atomic mass is 16.5. The number of fused-ring (bicyclic) bond motifs is 1. The maximum atomic E-state index is 9.57. The molecule has 170 valence electrons. The number of hydrogen-bond acceptors (Lipinski definition) is 6. The van der Waals surface area contributed by atoms with Gasteiger partial charge in [-0.05, 0) is 81.7 Å². The average molecular weight is 432 g/mol. The summed E-state index contributed by atoms with van der Waals surface area (Å²) >= 11 is 0. The number of hydrogen-bond donors (Lipinski definition) is 3. The molecule has 5 rings (SSSR count). The third-order valence-electron chi connectivity index (χ3n) is 7.08. The van der Waals surface area contributed by atoms with Crippen molar-refractivity contribution in [1.82, 2.24) is 25.3 Å². The molecule has 1 aromatic carbocycles. The van der Waals surface area contributed by atoms with Gasteiger partial charge in [-0.15, -0.1) is 0 Å². The zero-order chi connectivity index (χ0) is 25.0. The molecule has 31 heavy (non-hydrogen) atoms. The van der Waals surface area contributed by atoms with Crippen LogP contribution in [-0.4, -0.2) is 77.3 Å². The van der Waals surface area contributed by atoms with Crippen LogP contribution in [0.1, 0.15) is 61.3 Å². The van der Waals surface area contributed by atoms with Crippen LogP contribution in [-0.2, 0) is 4.74 Å². The Hall–Kier alpha value is -1.51. The van der Waals surface area contributed by atoms with Gasteiger partial charge in [0.2, 0.25) is 0 Å². The van der Waals surface area contributed by atoms with Gasteiger partial charge in [0.15, 0.2) is 0 Å². The fraction of sp³-hybridized carbons (Fsp3) is 0.708. The average Bonchev–Trinajstić information content (AvgIpc) is 3.18. The molecule has 4 atom stereocenters. The molecule has 2 aromatic rings. The van der Waals surface area contributed by atoms with Crippen LogP contribution < -0.4 is 10.6 Å². The van der Waals surface area contributed by atoms with Crippen molar-refractivity contribution in [3.8, 4) is 0 Å². The SMILES string of the molecule is [2H]C1([2H])CC(c2cc3c(cnn3C3CC(N4CCO[C@@H](CO)C4)CC(C)N3)cc2C)CC([2H])([2H])N1. The summed E-state index contributed by atoms with van der Waals surface area (Å²) in [7, 11) is 0. The van der Waals surface area contributed by atoms with Gasteiger partial charge in [-0.2, -0.15) is 5.10 Å². The molecular formula is C24H37N5O2. The van der Waals surface area contributed by atoms with Crippen molar-refractivity contribution in [2.75, 3.05) is 39.3 Å². The molecule has 3 N–H and O–H groups in total. The second-order valence-corrected chi connectivity index (χ2v) is 9.32. The van der Waals surface area contributed by atoms with Gasteiger partial charge in [0.05, 0.1) is 31.0 Å². The minimum absolute atomic E-state index is 0.0122. The van der Waals surface area contributed by atoms with Gasteiger partial charge in [-0.25, -0.2) is 4.68 Å². The van der Waals surface area contributed by atoms with Gasteiger partial charge in [-0.1, -0.05) is 0 Å². The Morgan fingerprint density at radius 2 is 2.13 bits per heavy atom. The summed E-state index contributed by atoms with van der Waals surface area (Å²) in [6, 6.07) is 4.87. The van der Waals surface area contributed by atoms with Crippen LogP contribution in [0.2, 0.25) is 0 Å². The predicted molar refractivity (Wildman–Crippen MR) is 122 cm³/mol. The number of aliphatic hydroxyl groups is 1. The minimum Gasteiger partial charge on any atom is -0.394 e. The Labute approximate surface area is 190 Å². The monoisotopic (exact) mass is 431 g/mol. The first-order valence-corrected chi connectivity index (χ1v) is 11.5. The molecule has 0 amide bonds. The Kier molecular flexibility index (Phi) is 5.03. The largest absolute Gasteiger partial charge is 0.394 e. The molecule has 3 aliphatic heterocycles. The molecule has 4 heterocycles. The second-order valence-electron chi connectivity index (χ2n) is 9.32. The number of nitrogens with one attached hydrogen (secondary N) is 2. The second kappa shape index (κ2) is 9.16. The van der Waals surface area contributed by atoms with E-state index in [4.69, 9.17) is 15.3 Å². The number of ether oxygens (including phenoxy) is 1. The maximum absolute atomic E-state index is 9.57.